The third-order valence-electron chi connectivity index (χ3n) is 1.84. The Balaban J connectivity index is 0.000000461. The summed E-state index contributed by atoms with van der Waals surface area (Å²) in [5.41, 5.74) is 0.620. The van der Waals surface area contributed by atoms with E-state index in [9.17, 15) is 0 Å². The average molecular weight is 157 g/mol. The fraction of sp³-hybridized carbons (Fsp3) is 1.00. The molecule has 1 heteroatoms. The van der Waals surface area contributed by atoms with Gasteiger partial charge in [0.05, 0.1) is 0 Å². The molecule has 0 N–H and O–H groups in total. The lowest BCUT2D eigenvalue weighted by Crippen LogP contribution is -2.52. The van der Waals surface area contributed by atoms with Gasteiger partial charge >= 0.3 is 0 Å². The molecule has 0 aromatic carbocycles. The van der Waals surface area contributed by atoms with Gasteiger partial charge in [-0.1, -0.05) is 34.6 Å². The zero-order chi connectivity index (χ0) is 8.91. The van der Waals surface area contributed by atoms with Crippen LogP contribution in [0, 0.1) is 5.41 Å². The van der Waals surface area contributed by atoms with E-state index in [1.54, 1.807) is 0 Å². The summed E-state index contributed by atoms with van der Waals surface area (Å²) < 4.78 is 0. The van der Waals surface area contributed by atoms with Crippen LogP contribution in [0.4, 0.5) is 0 Å². The van der Waals surface area contributed by atoms with Crippen LogP contribution < -0.4 is 0 Å². The monoisotopic (exact) mass is 157 g/mol. The fourth-order valence-electron chi connectivity index (χ4n) is 1.64. The smallest absolute Gasteiger partial charge is 0.00452 e. The predicted octanol–water partition coefficient (Wildman–Crippen LogP) is 2.76. The Morgan fingerprint density at radius 3 is 1.91 bits per heavy atom. The first-order chi connectivity index (χ1) is 5.14. The van der Waals surface area contributed by atoms with Gasteiger partial charge < -0.3 is 4.90 Å². The zero-order valence-corrected chi connectivity index (χ0v) is 8.78. The van der Waals surface area contributed by atoms with E-state index in [0.29, 0.717) is 5.41 Å². The van der Waals surface area contributed by atoms with Gasteiger partial charge in [-0.25, -0.2) is 0 Å². The van der Waals surface area contributed by atoms with Crippen molar-refractivity contribution >= 4 is 0 Å². The van der Waals surface area contributed by atoms with Crippen LogP contribution in [-0.2, 0) is 0 Å². The molecule has 0 aliphatic carbocycles. The van der Waals surface area contributed by atoms with Gasteiger partial charge in [0.2, 0.25) is 0 Å². The van der Waals surface area contributed by atoms with E-state index in [-0.39, 0.29) is 0 Å². The Bertz CT molecular complexity index is 89.0. The van der Waals surface area contributed by atoms with E-state index in [1.807, 2.05) is 13.8 Å². The van der Waals surface area contributed by atoms with E-state index in [4.69, 9.17) is 0 Å². The Kier molecular flexibility index (Phi) is 4.74. The minimum atomic E-state index is 0.620. The first-order valence-electron chi connectivity index (χ1n) is 4.86. The van der Waals surface area contributed by atoms with E-state index in [0.717, 1.165) is 0 Å². The van der Waals surface area contributed by atoms with Gasteiger partial charge in [0.1, 0.15) is 0 Å². The van der Waals surface area contributed by atoms with Gasteiger partial charge in [-0.3, -0.25) is 0 Å². The number of hydrogen-bond acceptors (Lipinski definition) is 1. The maximum absolute atomic E-state index is 2.51. The van der Waals surface area contributed by atoms with Gasteiger partial charge in [-0.05, 0) is 18.4 Å². The molecule has 0 saturated carbocycles. The summed E-state index contributed by atoms with van der Waals surface area (Å²) in [6, 6.07) is 0. The molecule has 1 rings (SSSR count). The standard InChI is InChI=1S/C8H17N.C2H6/c1-4-5-9-6-8(2,3)7-9;1-2/h4-7H2,1-3H3;1-2H3. The zero-order valence-electron chi connectivity index (χ0n) is 8.78. The number of likely N-dealkylation sites (tertiary alicyclic amines) is 1. The summed E-state index contributed by atoms with van der Waals surface area (Å²) >= 11 is 0. The molecule has 0 radical (unpaired) electrons. The highest BCUT2D eigenvalue weighted by Crippen LogP contribution is 2.28. The average Bonchev–Trinajstić information content (AvgIpc) is 1.89. The second kappa shape index (κ2) is 4.76. The van der Waals surface area contributed by atoms with Crippen LogP contribution in [0.25, 0.3) is 0 Å². The van der Waals surface area contributed by atoms with Gasteiger partial charge in [0.15, 0.2) is 0 Å². The third-order valence-corrected chi connectivity index (χ3v) is 1.84. The van der Waals surface area contributed by atoms with E-state index in [1.165, 1.54) is 26.1 Å². The van der Waals surface area contributed by atoms with Gasteiger partial charge in [-0.15, -0.1) is 0 Å². The Morgan fingerprint density at radius 1 is 1.18 bits per heavy atom. The molecule has 68 valence electrons. The van der Waals surface area contributed by atoms with Crippen molar-refractivity contribution in [3.8, 4) is 0 Å². The summed E-state index contributed by atoms with van der Waals surface area (Å²) in [5.74, 6) is 0. The van der Waals surface area contributed by atoms with Crippen molar-refractivity contribution in [3.63, 3.8) is 0 Å². The Morgan fingerprint density at radius 2 is 1.64 bits per heavy atom. The van der Waals surface area contributed by atoms with Crippen LogP contribution in [0.2, 0.25) is 0 Å². The second-order valence-corrected chi connectivity index (χ2v) is 3.87. The highest BCUT2D eigenvalue weighted by atomic mass is 15.2. The van der Waals surface area contributed by atoms with Crippen LogP contribution in [0.3, 0.4) is 0 Å². The summed E-state index contributed by atoms with van der Waals surface area (Å²) in [6.45, 7) is 14.8. The topological polar surface area (TPSA) is 3.24 Å². The van der Waals surface area contributed by atoms with Crippen LogP contribution in [0.5, 0.6) is 0 Å². The maximum Gasteiger partial charge on any atom is 0.00452 e. The molecule has 11 heavy (non-hydrogen) atoms. The molecule has 1 fully saturated rings. The lowest BCUT2D eigenvalue weighted by Gasteiger charge is -2.45. The van der Waals surface area contributed by atoms with Gasteiger partial charge in [-0.2, -0.15) is 0 Å². The Labute approximate surface area is 71.8 Å². The largest absolute Gasteiger partial charge is 0.302 e. The summed E-state index contributed by atoms with van der Waals surface area (Å²) in [4.78, 5) is 2.51. The quantitative estimate of drug-likeness (QED) is 0.596. The number of hydrogen-bond donors (Lipinski definition) is 0. The first-order valence-corrected chi connectivity index (χ1v) is 4.86. The molecule has 1 aliphatic heterocycles. The molecule has 1 nitrogen and oxygen atoms in total. The lowest BCUT2D eigenvalue weighted by molar-refractivity contribution is 0.0316. The normalized spacial score (nSPS) is 21.5. The number of rotatable bonds is 2. The van der Waals surface area contributed by atoms with Crippen LogP contribution in [0.15, 0.2) is 0 Å². The molecular weight excluding hydrogens is 134 g/mol. The summed E-state index contributed by atoms with van der Waals surface area (Å²) in [7, 11) is 0. The van der Waals surface area contributed by atoms with Crippen molar-refractivity contribution in [2.75, 3.05) is 19.6 Å². The minimum Gasteiger partial charge on any atom is -0.302 e. The van der Waals surface area contributed by atoms with Crippen molar-refractivity contribution < 1.29 is 0 Å². The van der Waals surface area contributed by atoms with Crippen molar-refractivity contribution in [1.82, 2.24) is 4.90 Å². The SMILES string of the molecule is CC.CCCN1CC(C)(C)C1. The second-order valence-electron chi connectivity index (χ2n) is 3.87. The molecule has 1 heterocycles. The molecular formula is C10H23N. The molecule has 0 aromatic heterocycles. The summed E-state index contributed by atoms with van der Waals surface area (Å²) in [6.07, 6.45) is 1.30. The van der Waals surface area contributed by atoms with E-state index < -0.39 is 0 Å². The molecule has 1 saturated heterocycles. The van der Waals surface area contributed by atoms with Crippen molar-refractivity contribution in [1.29, 1.82) is 0 Å². The van der Waals surface area contributed by atoms with Crippen molar-refractivity contribution in [3.05, 3.63) is 0 Å². The van der Waals surface area contributed by atoms with E-state index >= 15 is 0 Å². The molecule has 0 bridgehead atoms. The fourth-order valence-corrected chi connectivity index (χ4v) is 1.64. The summed E-state index contributed by atoms with van der Waals surface area (Å²) in [5, 5.41) is 0. The maximum atomic E-state index is 2.51. The van der Waals surface area contributed by atoms with Gasteiger partial charge in [0.25, 0.3) is 0 Å². The van der Waals surface area contributed by atoms with Crippen molar-refractivity contribution in [2.24, 2.45) is 5.41 Å². The Hall–Kier alpha value is -0.0400. The molecule has 0 amide bonds. The number of nitrogens with zero attached hydrogens (tertiary/aromatic N) is 1. The van der Waals surface area contributed by atoms with E-state index in [2.05, 4.69) is 25.7 Å². The lowest BCUT2D eigenvalue weighted by atomic mass is 9.84. The highest BCUT2D eigenvalue weighted by Gasteiger charge is 2.32. The van der Waals surface area contributed by atoms with Crippen LogP contribution in [-0.4, -0.2) is 24.5 Å². The predicted molar refractivity (Wildman–Crippen MR) is 51.9 cm³/mol. The van der Waals surface area contributed by atoms with Crippen LogP contribution in [0.1, 0.15) is 41.0 Å². The molecule has 0 spiro atoms. The molecule has 0 unspecified atom stereocenters. The highest BCUT2D eigenvalue weighted by molar-refractivity contribution is 4.86. The minimum absolute atomic E-state index is 0.620. The van der Waals surface area contributed by atoms with Crippen molar-refractivity contribution in [2.45, 2.75) is 41.0 Å². The van der Waals surface area contributed by atoms with Crippen LogP contribution >= 0.6 is 0 Å². The third kappa shape index (κ3) is 3.76. The van der Waals surface area contributed by atoms with Gasteiger partial charge in [0, 0.05) is 13.1 Å². The first kappa shape index (κ1) is 11.0. The molecule has 0 atom stereocenters. The molecule has 0 aromatic rings. The molecule has 1 aliphatic rings.